The number of Topliss-reactive ketones (excluding diaryl/α,β-unsaturated/α-hetero) is 2. The highest BCUT2D eigenvalue weighted by Gasteiger charge is 2.31. The molecule has 0 fully saturated rings. The monoisotopic (exact) mass is 326 g/mol. The molecule has 0 saturated carbocycles. The molecule has 98 valence electrons. The van der Waals surface area contributed by atoms with Gasteiger partial charge < -0.3 is 0 Å². The SMILES string of the molecule is Cc1ccc2c(c1)C(=O)C(=O)C(Br)=C2c1ccccc1. The summed E-state index contributed by atoms with van der Waals surface area (Å²) in [5.74, 6) is -0.933. The van der Waals surface area contributed by atoms with Crippen LogP contribution in [0.4, 0.5) is 0 Å². The van der Waals surface area contributed by atoms with Gasteiger partial charge >= 0.3 is 0 Å². The molecule has 2 aromatic carbocycles. The number of rotatable bonds is 1. The van der Waals surface area contributed by atoms with Crippen LogP contribution >= 0.6 is 15.9 Å². The van der Waals surface area contributed by atoms with E-state index in [2.05, 4.69) is 15.9 Å². The summed E-state index contributed by atoms with van der Waals surface area (Å²) in [4.78, 5) is 24.3. The number of carbonyl (C=O) groups excluding carboxylic acids is 2. The molecule has 0 radical (unpaired) electrons. The highest BCUT2D eigenvalue weighted by atomic mass is 79.9. The second-order valence-corrected chi connectivity index (χ2v) is 5.56. The molecule has 0 unspecified atom stereocenters. The Bertz CT molecular complexity index is 758. The number of carbonyl (C=O) groups is 2. The first-order valence-electron chi connectivity index (χ1n) is 6.25. The van der Waals surface area contributed by atoms with Crippen molar-refractivity contribution in [2.45, 2.75) is 6.92 Å². The standard InChI is InChI=1S/C17H11BrO2/c1-10-7-8-12-13(9-10)16(19)17(20)15(18)14(12)11-5-3-2-4-6-11/h2-9H,1H3. The smallest absolute Gasteiger partial charge is 0.241 e. The first kappa shape index (κ1) is 13.0. The van der Waals surface area contributed by atoms with E-state index in [9.17, 15) is 9.59 Å². The zero-order valence-corrected chi connectivity index (χ0v) is 12.4. The van der Waals surface area contributed by atoms with Gasteiger partial charge in [-0.15, -0.1) is 0 Å². The quantitative estimate of drug-likeness (QED) is 0.744. The Morgan fingerprint density at radius 2 is 1.55 bits per heavy atom. The van der Waals surface area contributed by atoms with Gasteiger partial charge in [0.05, 0.1) is 4.48 Å². The molecular formula is C17H11BrO2. The number of allylic oxidation sites excluding steroid dienone is 1. The lowest BCUT2D eigenvalue weighted by Gasteiger charge is -2.19. The van der Waals surface area contributed by atoms with Gasteiger partial charge in [-0.25, -0.2) is 0 Å². The zero-order chi connectivity index (χ0) is 14.3. The molecule has 0 saturated heterocycles. The fourth-order valence-corrected chi connectivity index (χ4v) is 3.03. The Labute approximate surface area is 125 Å². The van der Waals surface area contributed by atoms with Gasteiger partial charge in [-0.3, -0.25) is 9.59 Å². The van der Waals surface area contributed by atoms with E-state index in [1.54, 1.807) is 6.07 Å². The summed E-state index contributed by atoms with van der Waals surface area (Å²) in [6.07, 6.45) is 0. The molecule has 0 heterocycles. The summed E-state index contributed by atoms with van der Waals surface area (Å²) >= 11 is 3.29. The van der Waals surface area contributed by atoms with Crippen molar-refractivity contribution in [2.24, 2.45) is 0 Å². The summed E-state index contributed by atoms with van der Waals surface area (Å²) in [7, 11) is 0. The van der Waals surface area contributed by atoms with E-state index in [1.807, 2.05) is 49.4 Å². The molecule has 2 nitrogen and oxygen atoms in total. The number of benzene rings is 2. The molecule has 0 bridgehead atoms. The van der Waals surface area contributed by atoms with E-state index >= 15 is 0 Å². The Balaban J connectivity index is 2.33. The lowest BCUT2D eigenvalue weighted by Crippen LogP contribution is -2.22. The maximum atomic E-state index is 12.1. The van der Waals surface area contributed by atoms with E-state index in [4.69, 9.17) is 0 Å². The number of hydrogen-bond donors (Lipinski definition) is 0. The fourth-order valence-electron chi connectivity index (χ4n) is 2.40. The van der Waals surface area contributed by atoms with Crippen molar-refractivity contribution in [1.29, 1.82) is 0 Å². The van der Waals surface area contributed by atoms with Gasteiger partial charge in [0.25, 0.3) is 0 Å². The van der Waals surface area contributed by atoms with Crippen LogP contribution in [0.1, 0.15) is 27.0 Å². The summed E-state index contributed by atoms with van der Waals surface area (Å²) in [6.45, 7) is 1.91. The summed E-state index contributed by atoms with van der Waals surface area (Å²) in [5.41, 5.74) is 3.96. The van der Waals surface area contributed by atoms with Gasteiger partial charge in [-0.05, 0) is 40.0 Å². The molecule has 20 heavy (non-hydrogen) atoms. The Morgan fingerprint density at radius 3 is 2.25 bits per heavy atom. The number of halogens is 1. The minimum atomic E-state index is -0.484. The highest BCUT2D eigenvalue weighted by Crippen LogP contribution is 2.37. The molecule has 0 amide bonds. The van der Waals surface area contributed by atoms with Crippen molar-refractivity contribution in [3.8, 4) is 0 Å². The van der Waals surface area contributed by atoms with Gasteiger partial charge in [0.1, 0.15) is 0 Å². The Kier molecular flexibility index (Phi) is 3.14. The van der Waals surface area contributed by atoms with Crippen LogP contribution in [0, 0.1) is 6.92 Å². The van der Waals surface area contributed by atoms with Crippen molar-refractivity contribution in [3.63, 3.8) is 0 Å². The highest BCUT2D eigenvalue weighted by molar-refractivity contribution is 9.12. The van der Waals surface area contributed by atoms with E-state index in [1.165, 1.54) is 0 Å². The van der Waals surface area contributed by atoms with Crippen LogP contribution in [0.3, 0.4) is 0 Å². The molecule has 3 heteroatoms. The third kappa shape index (κ3) is 1.95. The van der Waals surface area contributed by atoms with Gasteiger partial charge in [-0.1, -0.05) is 48.0 Å². The van der Waals surface area contributed by atoms with Gasteiger partial charge in [-0.2, -0.15) is 0 Å². The molecule has 0 aromatic heterocycles. The van der Waals surface area contributed by atoms with E-state index in [-0.39, 0.29) is 0 Å². The van der Waals surface area contributed by atoms with E-state index in [0.717, 1.165) is 22.3 Å². The van der Waals surface area contributed by atoms with Gasteiger partial charge in [0.2, 0.25) is 11.6 Å². The van der Waals surface area contributed by atoms with Gasteiger partial charge in [0.15, 0.2) is 0 Å². The van der Waals surface area contributed by atoms with Crippen LogP contribution in [0.25, 0.3) is 5.57 Å². The normalized spacial score (nSPS) is 14.5. The summed E-state index contributed by atoms with van der Waals surface area (Å²) < 4.78 is 0.338. The number of fused-ring (bicyclic) bond motifs is 1. The second kappa shape index (κ2) is 4.84. The zero-order valence-electron chi connectivity index (χ0n) is 10.8. The topological polar surface area (TPSA) is 34.1 Å². The second-order valence-electron chi connectivity index (χ2n) is 4.76. The predicted molar refractivity (Wildman–Crippen MR) is 81.9 cm³/mol. The van der Waals surface area contributed by atoms with Crippen LogP contribution in [-0.4, -0.2) is 11.6 Å². The molecule has 0 aliphatic heterocycles. The van der Waals surface area contributed by atoms with Crippen molar-refractivity contribution >= 4 is 33.1 Å². The Morgan fingerprint density at radius 1 is 0.850 bits per heavy atom. The lowest BCUT2D eigenvalue weighted by atomic mass is 9.85. The van der Waals surface area contributed by atoms with Crippen molar-refractivity contribution in [2.75, 3.05) is 0 Å². The maximum Gasteiger partial charge on any atom is 0.241 e. The molecule has 1 aliphatic rings. The minimum Gasteiger partial charge on any atom is -0.285 e. The van der Waals surface area contributed by atoms with Crippen LogP contribution in [0.15, 0.2) is 53.0 Å². The fraction of sp³-hybridized carbons (Fsp3) is 0.0588. The molecule has 0 N–H and O–H groups in total. The van der Waals surface area contributed by atoms with Crippen LogP contribution in [-0.2, 0) is 4.79 Å². The first-order chi connectivity index (χ1) is 9.59. The summed E-state index contributed by atoms with van der Waals surface area (Å²) in [6, 6.07) is 15.2. The third-order valence-corrected chi connectivity index (χ3v) is 4.13. The van der Waals surface area contributed by atoms with Gasteiger partial charge in [0, 0.05) is 11.1 Å². The lowest BCUT2D eigenvalue weighted by molar-refractivity contribution is -0.111. The number of hydrogen-bond acceptors (Lipinski definition) is 2. The third-order valence-electron chi connectivity index (χ3n) is 3.38. The van der Waals surface area contributed by atoms with Crippen LogP contribution < -0.4 is 0 Å². The average molecular weight is 327 g/mol. The molecule has 0 spiro atoms. The number of aryl methyl sites for hydroxylation is 1. The molecular weight excluding hydrogens is 316 g/mol. The molecule has 1 aliphatic carbocycles. The molecule has 3 rings (SSSR count). The predicted octanol–water partition coefficient (Wildman–Crippen LogP) is 3.91. The molecule has 2 aromatic rings. The largest absolute Gasteiger partial charge is 0.285 e. The maximum absolute atomic E-state index is 12.1. The molecule has 0 atom stereocenters. The van der Waals surface area contributed by atoms with E-state index in [0.29, 0.717) is 10.0 Å². The van der Waals surface area contributed by atoms with E-state index < -0.39 is 11.6 Å². The van der Waals surface area contributed by atoms with Crippen molar-refractivity contribution in [3.05, 3.63) is 75.3 Å². The van der Waals surface area contributed by atoms with Crippen molar-refractivity contribution < 1.29 is 9.59 Å². The van der Waals surface area contributed by atoms with Crippen molar-refractivity contribution in [1.82, 2.24) is 0 Å². The average Bonchev–Trinajstić information content (AvgIpc) is 2.47. The first-order valence-corrected chi connectivity index (χ1v) is 7.04. The summed E-state index contributed by atoms with van der Waals surface area (Å²) in [5, 5.41) is 0. The minimum absolute atomic E-state index is 0.338. The number of ketones is 2. The van der Waals surface area contributed by atoms with Crippen LogP contribution in [0.5, 0.6) is 0 Å². The van der Waals surface area contributed by atoms with Crippen LogP contribution in [0.2, 0.25) is 0 Å². The Hall–Kier alpha value is -2.00.